The van der Waals surface area contributed by atoms with E-state index in [4.69, 9.17) is 9.84 Å². The molecule has 0 aromatic heterocycles. The highest BCUT2D eigenvalue weighted by molar-refractivity contribution is 5.73. The molecule has 1 aromatic carbocycles. The molecule has 1 rings (SSSR count). The molecule has 0 amide bonds. The maximum Gasteiger partial charge on any atom is 0.345 e. The van der Waals surface area contributed by atoms with Gasteiger partial charge in [-0.05, 0) is 19.1 Å². The lowest BCUT2D eigenvalue weighted by Crippen LogP contribution is -2.32. The van der Waals surface area contributed by atoms with Gasteiger partial charge in [-0.1, -0.05) is 31.5 Å². The normalized spacial score (nSPS) is 12.5. The van der Waals surface area contributed by atoms with Crippen molar-refractivity contribution in [3.63, 3.8) is 0 Å². The second-order valence-corrected chi connectivity index (χ2v) is 3.93. The number of carbonyl (C=O) groups is 1. The van der Waals surface area contributed by atoms with E-state index < -0.39 is 12.1 Å². The Kier molecular flexibility index (Phi) is 3.72. The number of rotatable bonds is 4. The van der Waals surface area contributed by atoms with E-state index in [1.54, 1.807) is 12.1 Å². The fourth-order valence-corrected chi connectivity index (χ4v) is 1.24. The van der Waals surface area contributed by atoms with E-state index in [2.05, 4.69) is 0 Å². The number of aliphatic carboxylic acids is 1. The summed E-state index contributed by atoms with van der Waals surface area (Å²) in [4.78, 5) is 10.9. The number of carboxylic acid groups (broad SMARTS) is 1. The van der Waals surface area contributed by atoms with Gasteiger partial charge >= 0.3 is 5.97 Å². The van der Waals surface area contributed by atoms with Gasteiger partial charge in [0.15, 0.2) is 6.10 Å². The van der Waals surface area contributed by atoms with E-state index in [9.17, 15) is 4.79 Å². The summed E-state index contributed by atoms with van der Waals surface area (Å²) >= 11 is 0. The van der Waals surface area contributed by atoms with Crippen molar-refractivity contribution < 1.29 is 14.6 Å². The van der Waals surface area contributed by atoms with Gasteiger partial charge in [-0.25, -0.2) is 4.79 Å². The lowest BCUT2D eigenvalue weighted by atomic mass is 10.1. The fraction of sp³-hybridized carbons (Fsp3) is 0.417. The molecule has 1 aromatic rings. The summed E-state index contributed by atoms with van der Waals surface area (Å²) in [6.07, 6.45) is -0.785. The summed E-state index contributed by atoms with van der Waals surface area (Å²) < 4.78 is 5.39. The lowest BCUT2D eigenvalue weighted by molar-refractivity contribution is -0.147. The molecule has 0 radical (unpaired) electrons. The fourth-order valence-electron chi connectivity index (χ4n) is 1.24. The Balaban J connectivity index is 2.74. The van der Waals surface area contributed by atoms with Crippen molar-refractivity contribution in [3.8, 4) is 5.75 Å². The van der Waals surface area contributed by atoms with Crippen LogP contribution >= 0.6 is 0 Å². The Hall–Kier alpha value is -1.51. The number of hydrogen-bond acceptors (Lipinski definition) is 2. The Labute approximate surface area is 89.7 Å². The van der Waals surface area contributed by atoms with Crippen molar-refractivity contribution in [1.82, 2.24) is 0 Å². The van der Waals surface area contributed by atoms with E-state index in [0.717, 1.165) is 5.56 Å². The molecule has 3 nitrogen and oxygen atoms in total. The Morgan fingerprint density at radius 1 is 1.27 bits per heavy atom. The maximum absolute atomic E-state index is 10.9. The second kappa shape index (κ2) is 4.82. The molecular formula is C12H16O3. The van der Waals surface area contributed by atoms with E-state index in [-0.39, 0.29) is 5.92 Å². The van der Waals surface area contributed by atoms with Crippen LogP contribution in [0.15, 0.2) is 24.3 Å². The van der Waals surface area contributed by atoms with Crippen LogP contribution < -0.4 is 4.74 Å². The SMILES string of the molecule is Cc1ccc(OC(C(=O)O)C(C)C)cc1. The average Bonchev–Trinajstić information content (AvgIpc) is 2.15. The molecular weight excluding hydrogens is 192 g/mol. The first-order valence-corrected chi connectivity index (χ1v) is 4.97. The highest BCUT2D eigenvalue weighted by Gasteiger charge is 2.23. The van der Waals surface area contributed by atoms with E-state index >= 15 is 0 Å². The maximum atomic E-state index is 10.9. The Morgan fingerprint density at radius 3 is 2.20 bits per heavy atom. The molecule has 1 atom stereocenters. The smallest absolute Gasteiger partial charge is 0.345 e. The second-order valence-electron chi connectivity index (χ2n) is 3.93. The van der Waals surface area contributed by atoms with Crippen LogP contribution in [0.1, 0.15) is 19.4 Å². The first-order chi connectivity index (χ1) is 7.00. The molecule has 0 spiro atoms. The van der Waals surface area contributed by atoms with Gasteiger partial charge in [-0.3, -0.25) is 0 Å². The van der Waals surface area contributed by atoms with Crippen LogP contribution in [0.4, 0.5) is 0 Å². The molecule has 0 bridgehead atoms. The average molecular weight is 208 g/mol. The third-order valence-corrected chi connectivity index (χ3v) is 2.13. The highest BCUT2D eigenvalue weighted by Crippen LogP contribution is 2.16. The topological polar surface area (TPSA) is 46.5 Å². The minimum Gasteiger partial charge on any atom is -0.478 e. The summed E-state index contributed by atoms with van der Waals surface area (Å²) in [5.74, 6) is -0.379. The number of benzene rings is 1. The molecule has 0 heterocycles. The van der Waals surface area contributed by atoms with Crippen LogP contribution in [0.5, 0.6) is 5.75 Å². The van der Waals surface area contributed by atoms with Crippen molar-refractivity contribution in [1.29, 1.82) is 0 Å². The molecule has 1 unspecified atom stereocenters. The molecule has 82 valence electrons. The van der Waals surface area contributed by atoms with Gasteiger partial charge in [0.25, 0.3) is 0 Å². The van der Waals surface area contributed by atoms with Crippen molar-refractivity contribution in [2.24, 2.45) is 5.92 Å². The van der Waals surface area contributed by atoms with Gasteiger partial charge in [-0.2, -0.15) is 0 Å². The molecule has 0 saturated carbocycles. The zero-order valence-electron chi connectivity index (χ0n) is 9.23. The van der Waals surface area contributed by atoms with E-state index in [0.29, 0.717) is 5.75 Å². The first kappa shape index (κ1) is 11.6. The van der Waals surface area contributed by atoms with Crippen molar-refractivity contribution in [3.05, 3.63) is 29.8 Å². The predicted molar refractivity (Wildman–Crippen MR) is 58.1 cm³/mol. The molecule has 0 saturated heterocycles. The van der Waals surface area contributed by atoms with Gasteiger partial charge in [0.1, 0.15) is 5.75 Å². The van der Waals surface area contributed by atoms with Gasteiger partial charge in [0, 0.05) is 5.92 Å². The third kappa shape index (κ3) is 3.27. The minimum absolute atomic E-state index is 0.0520. The van der Waals surface area contributed by atoms with Gasteiger partial charge < -0.3 is 9.84 Å². The first-order valence-electron chi connectivity index (χ1n) is 4.97. The quantitative estimate of drug-likeness (QED) is 0.826. The largest absolute Gasteiger partial charge is 0.478 e. The van der Waals surface area contributed by atoms with Crippen molar-refractivity contribution >= 4 is 5.97 Å². The van der Waals surface area contributed by atoms with Crippen LogP contribution in [-0.4, -0.2) is 17.2 Å². The van der Waals surface area contributed by atoms with Crippen LogP contribution in [0, 0.1) is 12.8 Å². The monoisotopic (exact) mass is 208 g/mol. The lowest BCUT2D eigenvalue weighted by Gasteiger charge is -2.18. The van der Waals surface area contributed by atoms with E-state index in [1.165, 1.54) is 0 Å². The van der Waals surface area contributed by atoms with Gasteiger partial charge in [0.2, 0.25) is 0 Å². The molecule has 15 heavy (non-hydrogen) atoms. The molecule has 0 aliphatic heterocycles. The number of carboxylic acids is 1. The number of hydrogen-bond donors (Lipinski definition) is 1. The minimum atomic E-state index is -0.925. The number of aryl methyl sites for hydroxylation is 1. The van der Waals surface area contributed by atoms with Crippen LogP contribution in [0.3, 0.4) is 0 Å². The van der Waals surface area contributed by atoms with E-state index in [1.807, 2.05) is 32.9 Å². The number of ether oxygens (including phenoxy) is 1. The zero-order chi connectivity index (χ0) is 11.4. The predicted octanol–water partition coefficient (Wildman–Crippen LogP) is 2.48. The molecule has 1 N–H and O–H groups in total. The van der Waals surface area contributed by atoms with Gasteiger partial charge in [0.05, 0.1) is 0 Å². The summed E-state index contributed by atoms with van der Waals surface area (Å²) in [6, 6.07) is 7.37. The summed E-state index contributed by atoms with van der Waals surface area (Å²) in [6.45, 7) is 5.63. The molecule has 0 aliphatic rings. The summed E-state index contributed by atoms with van der Waals surface area (Å²) in [5, 5.41) is 8.93. The van der Waals surface area contributed by atoms with Gasteiger partial charge in [-0.15, -0.1) is 0 Å². The third-order valence-electron chi connectivity index (χ3n) is 2.13. The summed E-state index contributed by atoms with van der Waals surface area (Å²) in [7, 11) is 0. The highest BCUT2D eigenvalue weighted by atomic mass is 16.5. The summed E-state index contributed by atoms with van der Waals surface area (Å²) in [5.41, 5.74) is 1.12. The van der Waals surface area contributed by atoms with Crippen LogP contribution in [-0.2, 0) is 4.79 Å². The van der Waals surface area contributed by atoms with Crippen LogP contribution in [0.25, 0.3) is 0 Å². The Morgan fingerprint density at radius 2 is 1.80 bits per heavy atom. The molecule has 3 heteroatoms. The Bertz CT molecular complexity index is 327. The molecule has 0 fully saturated rings. The van der Waals surface area contributed by atoms with Crippen molar-refractivity contribution in [2.45, 2.75) is 26.9 Å². The zero-order valence-corrected chi connectivity index (χ0v) is 9.23. The molecule has 0 aliphatic carbocycles. The standard InChI is InChI=1S/C12H16O3/c1-8(2)11(12(13)14)15-10-6-4-9(3)5-7-10/h4-8,11H,1-3H3,(H,13,14). The van der Waals surface area contributed by atoms with Crippen LogP contribution in [0.2, 0.25) is 0 Å². The van der Waals surface area contributed by atoms with Crippen molar-refractivity contribution in [2.75, 3.05) is 0 Å².